The van der Waals surface area contributed by atoms with Gasteiger partial charge in [0.25, 0.3) is 0 Å². The van der Waals surface area contributed by atoms with Crippen LogP contribution in [0.4, 0.5) is 13.2 Å². The second kappa shape index (κ2) is 21.1. The maximum atomic E-state index is 10.2. The number of aliphatic carboxylic acids is 1. The molecule has 206 valence electrons. The Balaban J connectivity index is 0. The summed E-state index contributed by atoms with van der Waals surface area (Å²) in [7, 11) is -4.67. The van der Waals surface area contributed by atoms with E-state index in [2.05, 4.69) is 31.7 Å². The first-order valence-corrected chi connectivity index (χ1v) is 11.2. The number of benzene rings is 1. The Hall–Kier alpha value is -3.20. The molecule has 0 spiro atoms. The van der Waals surface area contributed by atoms with E-state index in [0.717, 1.165) is 24.1 Å². The summed E-state index contributed by atoms with van der Waals surface area (Å²) in [5.74, 6) is -1.11. The SMILES string of the molecule is C1CNNN1.FC(F)F.N=C(N)NCCCC(N)C(=O)O.O=S(=O)(O)O.c1ccc2nccnc2c1. The molecular formula is C17H30F3N9O6S. The van der Waals surface area contributed by atoms with E-state index in [1.807, 2.05) is 24.3 Å². The van der Waals surface area contributed by atoms with Crippen LogP contribution in [0, 0.1) is 5.41 Å². The predicted molar refractivity (Wildman–Crippen MR) is 125 cm³/mol. The molecule has 0 amide bonds. The van der Waals surface area contributed by atoms with E-state index in [4.69, 9.17) is 39.5 Å². The van der Waals surface area contributed by atoms with Crippen molar-refractivity contribution in [1.82, 2.24) is 31.7 Å². The monoisotopic (exact) mass is 545 g/mol. The number of para-hydroxylation sites is 2. The minimum atomic E-state index is -4.67. The molecule has 3 rings (SSSR count). The molecule has 1 saturated heterocycles. The van der Waals surface area contributed by atoms with Crippen molar-refractivity contribution in [3.8, 4) is 0 Å². The summed E-state index contributed by atoms with van der Waals surface area (Å²) in [4.78, 5) is 18.5. The lowest BCUT2D eigenvalue weighted by atomic mass is 10.2. The van der Waals surface area contributed by atoms with Crippen LogP contribution in [-0.4, -0.2) is 76.9 Å². The average molecular weight is 546 g/mol. The van der Waals surface area contributed by atoms with Gasteiger partial charge in [-0.15, -0.1) is 0 Å². The number of guanidine groups is 1. The van der Waals surface area contributed by atoms with E-state index in [1.54, 1.807) is 12.4 Å². The van der Waals surface area contributed by atoms with Crippen LogP contribution < -0.4 is 33.2 Å². The van der Waals surface area contributed by atoms with E-state index in [9.17, 15) is 18.0 Å². The van der Waals surface area contributed by atoms with Gasteiger partial charge in [-0.3, -0.25) is 29.3 Å². The summed E-state index contributed by atoms with van der Waals surface area (Å²) in [6.45, 7) is -1.13. The van der Waals surface area contributed by atoms with Crippen molar-refractivity contribution in [2.24, 2.45) is 11.5 Å². The van der Waals surface area contributed by atoms with Gasteiger partial charge in [0, 0.05) is 32.0 Å². The Morgan fingerprint density at radius 2 is 1.53 bits per heavy atom. The molecule has 1 aliphatic rings. The molecule has 36 heavy (non-hydrogen) atoms. The number of carboxylic acids is 1. The van der Waals surface area contributed by atoms with Gasteiger partial charge in [-0.25, -0.2) is 10.9 Å². The summed E-state index contributed by atoms with van der Waals surface area (Å²) >= 11 is 0. The number of nitrogens with two attached hydrogens (primary N) is 2. The molecule has 1 aromatic carbocycles. The maximum Gasteiger partial charge on any atom is 0.394 e. The molecule has 2 heterocycles. The van der Waals surface area contributed by atoms with E-state index in [1.165, 1.54) is 0 Å². The van der Waals surface area contributed by atoms with Gasteiger partial charge in [0.05, 0.1) is 11.0 Å². The van der Waals surface area contributed by atoms with E-state index in [0.29, 0.717) is 19.4 Å². The largest absolute Gasteiger partial charge is 0.480 e. The minimum absolute atomic E-state index is 0.112. The zero-order valence-electron chi connectivity index (χ0n) is 18.8. The molecule has 1 aliphatic heterocycles. The van der Waals surface area contributed by atoms with Crippen molar-refractivity contribution in [3.05, 3.63) is 36.7 Å². The number of carboxylic acid groups (broad SMARTS) is 1. The third-order valence-electron chi connectivity index (χ3n) is 3.25. The molecule has 1 atom stereocenters. The topological polar surface area (TPSA) is 262 Å². The molecule has 0 aliphatic carbocycles. The maximum absolute atomic E-state index is 10.2. The first kappa shape index (κ1) is 35.0. The molecule has 1 aromatic heterocycles. The lowest BCUT2D eigenvalue weighted by Gasteiger charge is -2.06. The second-order valence-electron chi connectivity index (χ2n) is 6.15. The van der Waals surface area contributed by atoms with Gasteiger partial charge in [0.15, 0.2) is 5.96 Å². The molecular weight excluding hydrogens is 515 g/mol. The van der Waals surface area contributed by atoms with Crippen molar-refractivity contribution >= 4 is 33.4 Å². The molecule has 2 aromatic rings. The van der Waals surface area contributed by atoms with E-state index < -0.39 is 29.1 Å². The number of nitrogens with one attached hydrogen (secondary N) is 5. The molecule has 19 heteroatoms. The minimum Gasteiger partial charge on any atom is -0.480 e. The fraction of sp³-hybridized carbons (Fsp3) is 0.412. The van der Waals surface area contributed by atoms with Crippen molar-refractivity contribution in [1.29, 1.82) is 5.41 Å². The van der Waals surface area contributed by atoms with Crippen molar-refractivity contribution in [3.63, 3.8) is 0 Å². The molecule has 1 fully saturated rings. The van der Waals surface area contributed by atoms with Gasteiger partial charge >= 0.3 is 23.0 Å². The smallest absolute Gasteiger partial charge is 0.394 e. The van der Waals surface area contributed by atoms with Crippen molar-refractivity contribution in [2.45, 2.75) is 25.6 Å². The highest BCUT2D eigenvalue weighted by Crippen LogP contribution is 2.04. The van der Waals surface area contributed by atoms with Crippen LogP contribution in [0.2, 0.25) is 0 Å². The number of hydrogen-bond acceptors (Lipinski definition) is 10. The quantitative estimate of drug-likeness (QED) is 0.0975. The van der Waals surface area contributed by atoms with Crippen LogP contribution in [0.5, 0.6) is 0 Å². The van der Waals surface area contributed by atoms with Crippen LogP contribution in [0.15, 0.2) is 36.7 Å². The fourth-order valence-electron chi connectivity index (χ4n) is 1.89. The Bertz CT molecular complexity index is 888. The standard InChI is InChI=1S/C8H6N2.C6H14N4O2.C2H7N3.CHF3.H2O4S/c1-2-4-8-7(3-1)9-5-6-10-8;7-4(5(11)12)2-1-3-10-6(8)9;1-2-4-5-3-1;2-1(3)4;1-5(2,3)4/h1-6H;4H,1-3,7H2,(H,11,12)(H4,8,9,10);3-5H,1-2H2;1H;(H2,1,2,3,4). The number of nitrogens with zero attached hydrogens (tertiary/aromatic N) is 2. The lowest BCUT2D eigenvalue weighted by molar-refractivity contribution is -0.138. The van der Waals surface area contributed by atoms with Gasteiger partial charge in [0.1, 0.15) is 6.04 Å². The molecule has 1 unspecified atom stereocenters. The zero-order valence-corrected chi connectivity index (χ0v) is 19.6. The van der Waals surface area contributed by atoms with Gasteiger partial charge < -0.3 is 21.9 Å². The molecule has 15 nitrogen and oxygen atoms in total. The summed E-state index contributed by atoms with van der Waals surface area (Å²) in [5.41, 5.74) is 20.6. The van der Waals surface area contributed by atoms with Gasteiger partial charge in [-0.1, -0.05) is 12.1 Å². The highest BCUT2D eigenvalue weighted by Gasteiger charge is 2.09. The summed E-state index contributed by atoms with van der Waals surface area (Å²) < 4.78 is 60.6. The summed E-state index contributed by atoms with van der Waals surface area (Å²) in [5, 5.41) is 17.7. The first-order chi connectivity index (χ1) is 16.7. The number of hydrogen-bond donors (Lipinski definition) is 10. The number of halogens is 3. The summed E-state index contributed by atoms with van der Waals surface area (Å²) in [6.07, 6.45) is 4.37. The Kier molecular flexibility index (Phi) is 20.5. The van der Waals surface area contributed by atoms with Crippen LogP contribution in [0.25, 0.3) is 11.0 Å². The highest BCUT2D eigenvalue weighted by molar-refractivity contribution is 7.79. The Morgan fingerprint density at radius 3 is 1.83 bits per heavy atom. The van der Waals surface area contributed by atoms with Crippen LogP contribution in [-0.2, 0) is 15.2 Å². The Labute approximate surface area is 204 Å². The Morgan fingerprint density at radius 1 is 1.11 bits per heavy atom. The molecule has 12 N–H and O–H groups in total. The molecule has 0 saturated carbocycles. The second-order valence-corrected chi connectivity index (χ2v) is 7.04. The number of aromatic nitrogens is 2. The van der Waals surface area contributed by atoms with E-state index in [-0.39, 0.29) is 5.96 Å². The third-order valence-corrected chi connectivity index (χ3v) is 3.25. The number of rotatable bonds is 5. The van der Waals surface area contributed by atoms with Crippen LogP contribution in [0.1, 0.15) is 12.8 Å². The van der Waals surface area contributed by atoms with E-state index >= 15 is 0 Å². The highest BCUT2D eigenvalue weighted by atomic mass is 32.3. The summed E-state index contributed by atoms with van der Waals surface area (Å²) in [6, 6.07) is 6.98. The predicted octanol–water partition coefficient (Wildman–Crippen LogP) is -0.584. The van der Waals surface area contributed by atoms with Crippen LogP contribution >= 0.6 is 0 Å². The molecule has 0 bridgehead atoms. The molecule has 0 radical (unpaired) electrons. The third kappa shape index (κ3) is 28.8. The van der Waals surface area contributed by atoms with Crippen molar-refractivity contribution < 1.29 is 40.6 Å². The number of hydrazine groups is 2. The number of fused-ring (bicyclic) bond motifs is 1. The average Bonchev–Trinajstić information content (AvgIpc) is 3.36. The van der Waals surface area contributed by atoms with Crippen molar-refractivity contribution in [2.75, 3.05) is 19.6 Å². The number of carbonyl (C=O) groups is 1. The number of alkyl halides is 3. The normalized spacial score (nSPS) is 12.8. The van der Waals surface area contributed by atoms with Gasteiger partial charge in [-0.2, -0.15) is 27.1 Å². The van der Waals surface area contributed by atoms with Crippen LogP contribution in [0.3, 0.4) is 0 Å². The van der Waals surface area contributed by atoms with Gasteiger partial charge in [-0.05, 0) is 25.0 Å². The van der Waals surface area contributed by atoms with Gasteiger partial charge in [0.2, 0.25) is 0 Å². The first-order valence-electron chi connectivity index (χ1n) is 9.78. The fourth-order valence-corrected chi connectivity index (χ4v) is 1.89. The lowest BCUT2D eigenvalue weighted by Crippen LogP contribution is -2.34. The zero-order chi connectivity index (χ0) is 28.0.